The summed E-state index contributed by atoms with van der Waals surface area (Å²) in [6.07, 6.45) is 2.59. The first-order chi connectivity index (χ1) is 7.16. The van der Waals surface area contributed by atoms with Gasteiger partial charge in [-0.15, -0.1) is 0 Å². The minimum Gasteiger partial charge on any atom is -0.355 e. The number of nitrogens with zero attached hydrogens (tertiary/aromatic N) is 3. The molecule has 0 aliphatic carbocycles. The van der Waals surface area contributed by atoms with Crippen LogP contribution < -0.4 is 10.5 Å². The molecule has 82 valence electrons. The van der Waals surface area contributed by atoms with Crippen LogP contribution in [0.15, 0.2) is 17.2 Å². The Bertz CT molecular complexity index is 387. The van der Waals surface area contributed by atoms with E-state index in [-0.39, 0.29) is 5.56 Å². The van der Waals surface area contributed by atoms with Crippen molar-refractivity contribution in [2.24, 2.45) is 0 Å². The van der Waals surface area contributed by atoms with E-state index < -0.39 is 0 Å². The average molecular weight is 208 g/mol. The van der Waals surface area contributed by atoms with Crippen molar-refractivity contribution in [3.05, 3.63) is 22.7 Å². The number of nitrogens with one attached hydrogen (secondary N) is 1. The Morgan fingerprint density at radius 3 is 3.00 bits per heavy atom. The van der Waals surface area contributed by atoms with Gasteiger partial charge in [0.2, 0.25) is 0 Å². The molecule has 1 fully saturated rings. The molecule has 1 aromatic heterocycles. The van der Waals surface area contributed by atoms with Crippen LogP contribution in [0.5, 0.6) is 0 Å². The standard InChI is InChI=1S/C10H16N4O/c1-13(2)8-3-4-14(6-8)9-5-10(15)12-7-11-9/h5,7-8H,3-4,6H2,1-2H3,(H,11,12,15). The Balaban J connectivity index is 2.11. The molecule has 0 saturated carbocycles. The van der Waals surface area contributed by atoms with E-state index in [1.165, 1.54) is 6.33 Å². The molecule has 1 aromatic rings. The van der Waals surface area contributed by atoms with Crippen LogP contribution >= 0.6 is 0 Å². The monoisotopic (exact) mass is 208 g/mol. The summed E-state index contributed by atoms with van der Waals surface area (Å²) in [5, 5.41) is 0. The fourth-order valence-corrected chi connectivity index (χ4v) is 1.90. The molecule has 1 N–H and O–H groups in total. The van der Waals surface area contributed by atoms with Gasteiger partial charge >= 0.3 is 0 Å². The number of hydrogen-bond donors (Lipinski definition) is 1. The summed E-state index contributed by atoms with van der Waals surface area (Å²) in [4.78, 5) is 22.2. The van der Waals surface area contributed by atoms with Gasteiger partial charge in [-0.25, -0.2) is 4.98 Å². The average Bonchev–Trinajstić information content (AvgIpc) is 2.66. The second kappa shape index (κ2) is 4.02. The molecule has 1 unspecified atom stereocenters. The van der Waals surface area contributed by atoms with Gasteiger partial charge in [0.15, 0.2) is 0 Å². The molecule has 0 amide bonds. The first-order valence-corrected chi connectivity index (χ1v) is 5.13. The normalized spacial score (nSPS) is 21.3. The molecule has 5 nitrogen and oxygen atoms in total. The summed E-state index contributed by atoms with van der Waals surface area (Å²) in [5.74, 6) is 0.781. The molecule has 1 aliphatic rings. The zero-order chi connectivity index (χ0) is 10.8. The minimum absolute atomic E-state index is 0.0895. The quantitative estimate of drug-likeness (QED) is 0.738. The highest BCUT2D eigenvalue weighted by molar-refractivity contribution is 5.38. The fourth-order valence-electron chi connectivity index (χ4n) is 1.90. The maximum absolute atomic E-state index is 11.1. The van der Waals surface area contributed by atoms with Gasteiger partial charge in [-0.3, -0.25) is 4.79 Å². The molecule has 0 spiro atoms. The lowest BCUT2D eigenvalue weighted by Gasteiger charge is -2.20. The maximum atomic E-state index is 11.1. The van der Waals surface area contributed by atoms with E-state index in [0.717, 1.165) is 25.3 Å². The van der Waals surface area contributed by atoms with Crippen molar-refractivity contribution in [3.8, 4) is 0 Å². The van der Waals surface area contributed by atoms with Gasteiger partial charge in [-0.1, -0.05) is 0 Å². The predicted octanol–water partition coefficient (Wildman–Crippen LogP) is -0.0898. The van der Waals surface area contributed by atoms with E-state index in [1.807, 2.05) is 0 Å². The van der Waals surface area contributed by atoms with E-state index in [2.05, 4.69) is 33.9 Å². The SMILES string of the molecule is CN(C)C1CCN(c2cc(=O)[nH]cn2)C1. The van der Waals surface area contributed by atoms with Crippen LogP contribution in [0.2, 0.25) is 0 Å². The molecular formula is C10H16N4O. The van der Waals surface area contributed by atoms with Gasteiger partial charge in [0.05, 0.1) is 6.33 Å². The van der Waals surface area contributed by atoms with Crippen molar-refractivity contribution in [2.45, 2.75) is 12.5 Å². The summed E-state index contributed by atoms with van der Waals surface area (Å²) >= 11 is 0. The van der Waals surface area contributed by atoms with Gasteiger partial charge in [-0.05, 0) is 20.5 Å². The first kappa shape index (κ1) is 10.2. The zero-order valence-corrected chi connectivity index (χ0v) is 9.10. The molecule has 2 rings (SSSR count). The van der Waals surface area contributed by atoms with E-state index in [9.17, 15) is 4.79 Å². The highest BCUT2D eigenvalue weighted by Crippen LogP contribution is 2.18. The highest BCUT2D eigenvalue weighted by atomic mass is 16.1. The summed E-state index contributed by atoms with van der Waals surface area (Å²) < 4.78 is 0. The molecule has 2 heterocycles. The lowest BCUT2D eigenvalue weighted by Crippen LogP contribution is -2.32. The summed E-state index contributed by atoms with van der Waals surface area (Å²) in [5.41, 5.74) is -0.0895. The summed E-state index contributed by atoms with van der Waals surface area (Å²) in [6.45, 7) is 1.92. The van der Waals surface area contributed by atoms with Gasteiger partial charge < -0.3 is 14.8 Å². The van der Waals surface area contributed by atoms with Crippen LogP contribution in [-0.2, 0) is 0 Å². The van der Waals surface area contributed by atoms with E-state index in [0.29, 0.717) is 6.04 Å². The fraction of sp³-hybridized carbons (Fsp3) is 0.600. The Morgan fingerprint density at radius 1 is 1.60 bits per heavy atom. The zero-order valence-electron chi connectivity index (χ0n) is 9.10. The second-order valence-electron chi connectivity index (χ2n) is 4.12. The highest BCUT2D eigenvalue weighted by Gasteiger charge is 2.24. The number of anilines is 1. The van der Waals surface area contributed by atoms with Crippen LogP contribution in [0.1, 0.15) is 6.42 Å². The maximum Gasteiger partial charge on any atom is 0.252 e. The molecule has 0 radical (unpaired) electrons. The third kappa shape index (κ3) is 2.18. The van der Waals surface area contributed by atoms with Gasteiger partial charge in [0.25, 0.3) is 5.56 Å². The van der Waals surface area contributed by atoms with Crippen LogP contribution in [0.3, 0.4) is 0 Å². The molecule has 15 heavy (non-hydrogen) atoms. The van der Waals surface area contributed by atoms with Crippen molar-refractivity contribution in [1.29, 1.82) is 0 Å². The predicted molar refractivity (Wildman–Crippen MR) is 59.2 cm³/mol. The number of hydrogen-bond acceptors (Lipinski definition) is 4. The van der Waals surface area contributed by atoms with Crippen molar-refractivity contribution in [3.63, 3.8) is 0 Å². The molecule has 0 aromatic carbocycles. The van der Waals surface area contributed by atoms with Crippen LogP contribution in [0, 0.1) is 0 Å². The topological polar surface area (TPSA) is 52.2 Å². The smallest absolute Gasteiger partial charge is 0.252 e. The van der Waals surface area contributed by atoms with Crippen molar-refractivity contribution in [2.75, 3.05) is 32.1 Å². The number of likely N-dealkylation sites (N-methyl/N-ethyl adjacent to an activating group) is 1. The summed E-state index contributed by atoms with van der Waals surface area (Å²) in [7, 11) is 4.17. The molecule has 1 aliphatic heterocycles. The first-order valence-electron chi connectivity index (χ1n) is 5.13. The Kier molecular flexibility index (Phi) is 2.73. The van der Waals surface area contributed by atoms with E-state index in [1.54, 1.807) is 6.07 Å². The lowest BCUT2D eigenvalue weighted by molar-refractivity contribution is 0.315. The third-order valence-electron chi connectivity index (χ3n) is 2.88. The van der Waals surface area contributed by atoms with Crippen molar-refractivity contribution in [1.82, 2.24) is 14.9 Å². The number of rotatable bonds is 2. The van der Waals surface area contributed by atoms with E-state index >= 15 is 0 Å². The second-order valence-corrected chi connectivity index (χ2v) is 4.12. The Labute approximate surface area is 88.7 Å². The largest absolute Gasteiger partial charge is 0.355 e. The van der Waals surface area contributed by atoms with Crippen LogP contribution in [0.4, 0.5) is 5.82 Å². The van der Waals surface area contributed by atoms with Gasteiger partial charge in [-0.2, -0.15) is 0 Å². The van der Waals surface area contributed by atoms with Crippen molar-refractivity contribution < 1.29 is 0 Å². The Hall–Kier alpha value is -1.36. The minimum atomic E-state index is -0.0895. The lowest BCUT2D eigenvalue weighted by atomic mass is 10.2. The van der Waals surface area contributed by atoms with E-state index in [4.69, 9.17) is 0 Å². The van der Waals surface area contributed by atoms with Crippen LogP contribution in [-0.4, -0.2) is 48.1 Å². The molecular weight excluding hydrogens is 192 g/mol. The number of H-pyrrole nitrogens is 1. The van der Waals surface area contributed by atoms with Gasteiger partial charge in [0, 0.05) is 25.2 Å². The molecule has 0 bridgehead atoms. The van der Waals surface area contributed by atoms with Gasteiger partial charge in [0.1, 0.15) is 5.82 Å². The number of aromatic nitrogens is 2. The molecule has 1 atom stereocenters. The third-order valence-corrected chi connectivity index (χ3v) is 2.88. The summed E-state index contributed by atoms with van der Waals surface area (Å²) in [6, 6.07) is 2.11. The molecule has 1 saturated heterocycles. The molecule has 5 heteroatoms. The number of aromatic amines is 1. The Morgan fingerprint density at radius 2 is 2.40 bits per heavy atom. The van der Waals surface area contributed by atoms with Crippen LogP contribution in [0.25, 0.3) is 0 Å². The van der Waals surface area contributed by atoms with Crippen molar-refractivity contribution >= 4 is 5.82 Å².